The molecule has 2 N–H and O–H groups in total. The molecule has 2 aromatic carbocycles. The fourth-order valence-corrected chi connectivity index (χ4v) is 4.39. The van der Waals surface area contributed by atoms with E-state index < -0.39 is 21.8 Å². The van der Waals surface area contributed by atoms with Crippen LogP contribution in [-0.4, -0.2) is 19.5 Å². The highest BCUT2D eigenvalue weighted by molar-refractivity contribution is 7.92. The summed E-state index contributed by atoms with van der Waals surface area (Å²) in [6.07, 6.45) is 2.63. The lowest BCUT2D eigenvalue weighted by molar-refractivity contribution is 0.0696. The zero-order chi connectivity index (χ0) is 18.2. The Kier molecular flexibility index (Phi) is 4.51. The first-order valence-corrected chi connectivity index (χ1v) is 9.45. The van der Waals surface area contributed by atoms with E-state index in [1.54, 1.807) is 6.07 Å². The fourth-order valence-electron chi connectivity index (χ4n) is 3.32. The molecule has 132 valence electrons. The van der Waals surface area contributed by atoms with Gasteiger partial charge in [0.1, 0.15) is 5.82 Å². The molecule has 0 aliphatic heterocycles. The molecule has 0 amide bonds. The first-order chi connectivity index (χ1) is 11.8. The smallest absolute Gasteiger partial charge is 0.338 e. The maximum Gasteiger partial charge on any atom is 0.338 e. The van der Waals surface area contributed by atoms with Gasteiger partial charge in [0.25, 0.3) is 10.0 Å². The number of nitrogens with one attached hydrogen (secondary N) is 1. The molecule has 1 aliphatic rings. The van der Waals surface area contributed by atoms with Crippen LogP contribution in [0.2, 0.25) is 0 Å². The van der Waals surface area contributed by atoms with Crippen molar-refractivity contribution in [1.29, 1.82) is 0 Å². The molecule has 0 saturated carbocycles. The number of rotatable bonds is 4. The van der Waals surface area contributed by atoms with Crippen LogP contribution in [0.25, 0.3) is 0 Å². The van der Waals surface area contributed by atoms with E-state index in [9.17, 15) is 22.7 Å². The fraction of sp³-hybridized carbons (Fsp3) is 0.278. The topological polar surface area (TPSA) is 83.5 Å². The van der Waals surface area contributed by atoms with E-state index in [1.807, 2.05) is 6.92 Å². The summed E-state index contributed by atoms with van der Waals surface area (Å²) in [5, 5.41) is 9.66. The number of fused-ring (bicyclic) bond motifs is 1. The average Bonchev–Trinajstić information content (AvgIpc) is 2.55. The number of aryl methyl sites for hydroxylation is 1. The van der Waals surface area contributed by atoms with Crippen LogP contribution in [-0.2, 0) is 16.4 Å². The lowest BCUT2D eigenvalue weighted by atomic mass is 9.80. The minimum absolute atomic E-state index is 0.00427. The van der Waals surface area contributed by atoms with E-state index in [-0.39, 0.29) is 22.1 Å². The molecule has 0 bridgehead atoms. The Hall–Kier alpha value is -2.41. The molecular weight excluding hydrogens is 345 g/mol. The molecule has 1 aliphatic carbocycles. The average molecular weight is 363 g/mol. The summed E-state index contributed by atoms with van der Waals surface area (Å²) in [7, 11) is -4.01. The van der Waals surface area contributed by atoms with Gasteiger partial charge >= 0.3 is 5.97 Å². The van der Waals surface area contributed by atoms with Crippen molar-refractivity contribution in [3.05, 3.63) is 58.9 Å². The van der Waals surface area contributed by atoms with Gasteiger partial charge in [-0.3, -0.25) is 4.72 Å². The predicted molar refractivity (Wildman–Crippen MR) is 92.0 cm³/mol. The molecule has 0 radical (unpaired) electrons. The van der Waals surface area contributed by atoms with Crippen molar-refractivity contribution in [3.63, 3.8) is 0 Å². The summed E-state index contributed by atoms with van der Waals surface area (Å²) in [6, 6.07) is 7.63. The van der Waals surface area contributed by atoms with Gasteiger partial charge < -0.3 is 5.11 Å². The van der Waals surface area contributed by atoms with Crippen molar-refractivity contribution in [3.8, 4) is 0 Å². The zero-order valence-electron chi connectivity index (χ0n) is 13.6. The summed E-state index contributed by atoms with van der Waals surface area (Å²) in [4.78, 5) is 11.7. The molecule has 0 aromatic heterocycles. The van der Waals surface area contributed by atoms with Gasteiger partial charge in [-0.05, 0) is 66.6 Å². The minimum Gasteiger partial charge on any atom is -0.478 e. The summed E-state index contributed by atoms with van der Waals surface area (Å²) in [6.45, 7) is 1.95. The van der Waals surface area contributed by atoms with Crippen LogP contribution in [0.1, 0.15) is 47.2 Å². The van der Waals surface area contributed by atoms with Crippen LogP contribution < -0.4 is 4.72 Å². The molecule has 0 fully saturated rings. The first-order valence-electron chi connectivity index (χ1n) is 7.97. The van der Waals surface area contributed by atoms with Crippen molar-refractivity contribution in [1.82, 2.24) is 0 Å². The molecule has 0 saturated heterocycles. The SMILES string of the molecule is CC1CCCc2ccc(NS(=O)(=O)c3ccc(F)cc3)c(C(=O)O)c21. The highest BCUT2D eigenvalue weighted by atomic mass is 32.2. The van der Waals surface area contributed by atoms with Gasteiger partial charge in [0, 0.05) is 0 Å². The third-order valence-corrected chi connectivity index (χ3v) is 5.88. The number of anilines is 1. The van der Waals surface area contributed by atoms with E-state index in [0.29, 0.717) is 5.56 Å². The summed E-state index contributed by atoms with van der Waals surface area (Å²) in [5.74, 6) is -1.67. The number of hydrogen-bond acceptors (Lipinski definition) is 3. The van der Waals surface area contributed by atoms with Crippen LogP contribution in [0.5, 0.6) is 0 Å². The Morgan fingerprint density at radius 2 is 1.88 bits per heavy atom. The molecule has 7 heteroatoms. The summed E-state index contributed by atoms with van der Waals surface area (Å²) >= 11 is 0. The van der Waals surface area contributed by atoms with Crippen LogP contribution in [0.4, 0.5) is 10.1 Å². The maximum absolute atomic E-state index is 13.0. The molecule has 1 unspecified atom stereocenters. The van der Waals surface area contributed by atoms with Gasteiger partial charge in [-0.1, -0.05) is 13.0 Å². The molecular formula is C18H18FNO4S. The molecule has 0 spiro atoms. The lowest BCUT2D eigenvalue weighted by Gasteiger charge is -2.26. The number of benzene rings is 2. The van der Waals surface area contributed by atoms with Crippen molar-refractivity contribution >= 4 is 21.7 Å². The quantitative estimate of drug-likeness (QED) is 0.866. The van der Waals surface area contributed by atoms with Gasteiger partial charge in [-0.15, -0.1) is 0 Å². The number of carboxylic acid groups (broad SMARTS) is 1. The Morgan fingerprint density at radius 1 is 1.20 bits per heavy atom. The number of carbonyl (C=O) groups is 1. The Balaban J connectivity index is 2.07. The highest BCUT2D eigenvalue weighted by Crippen LogP contribution is 2.37. The monoisotopic (exact) mass is 363 g/mol. The number of carboxylic acids is 1. The maximum atomic E-state index is 13.0. The molecule has 0 heterocycles. The van der Waals surface area contributed by atoms with E-state index in [4.69, 9.17) is 0 Å². The molecule has 1 atom stereocenters. The first kappa shape index (κ1) is 17.4. The van der Waals surface area contributed by atoms with Crippen molar-refractivity contribution in [2.24, 2.45) is 0 Å². The molecule has 3 rings (SSSR count). The Bertz CT molecular complexity index is 923. The highest BCUT2D eigenvalue weighted by Gasteiger charge is 2.27. The van der Waals surface area contributed by atoms with Crippen LogP contribution in [0, 0.1) is 5.82 Å². The molecule has 2 aromatic rings. The van der Waals surface area contributed by atoms with Gasteiger partial charge in [0.2, 0.25) is 0 Å². The lowest BCUT2D eigenvalue weighted by Crippen LogP contribution is -2.19. The third-order valence-electron chi connectivity index (χ3n) is 4.49. The number of halogens is 1. The Morgan fingerprint density at radius 3 is 2.52 bits per heavy atom. The second kappa shape index (κ2) is 6.48. The Labute approximate surface area is 145 Å². The van der Waals surface area contributed by atoms with E-state index >= 15 is 0 Å². The third kappa shape index (κ3) is 3.37. The van der Waals surface area contributed by atoms with Crippen LogP contribution in [0.3, 0.4) is 0 Å². The van der Waals surface area contributed by atoms with E-state index in [1.165, 1.54) is 6.07 Å². The zero-order valence-corrected chi connectivity index (χ0v) is 14.4. The van der Waals surface area contributed by atoms with Gasteiger partial charge in [-0.25, -0.2) is 17.6 Å². The van der Waals surface area contributed by atoms with Crippen molar-refractivity contribution in [2.75, 3.05) is 4.72 Å². The van der Waals surface area contributed by atoms with E-state index in [2.05, 4.69) is 4.72 Å². The number of sulfonamides is 1. The standard InChI is InChI=1S/C18H18FNO4S/c1-11-3-2-4-12-5-10-15(17(16(11)12)18(21)22)20-25(23,24)14-8-6-13(19)7-9-14/h5-11,20H,2-4H2,1H3,(H,21,22). The van der Waals surface area contributed by atoms with Crippen molar-refractivity contribution in [2.45, 2.75) is 37.0 Å². The second-order valence-corrected chi connectivity index (χ2v) is 7.90. The number of aromatic carboxylic acids is 1. The van der Waals surface area contributed by atoms with Crippen molar-refractivity contribution < 1.29 is 22.7 Å². The molecule has 25 heavy (non-hydrogen) atoms. The second-order valence-electron chi connectivity index (χ2n) is 6.22. The van der Waals surface area contributed by atoms with Crippen LogP contribution >= 0.6 is 0 Å². The van der Waals surface area contributed by atoms with Crippen LogP contribution in [0.15, 0.2) is 41.3 Å². The van der Waals surface area contributed by atoms with Gasteiger partial charge in [0.05, 0.1) is 16.1 Å². The number of hydrogen-bond donors (Lipinski definition) is 2. The summed E-state index contributed by atoms with van der Waals surface area (Å²) < 4.78 is 40.4. The normalized spacial score (nSPS) is 17.0. The van der Waals surface area contributed by atoms with Gasteiger partial charge in [-0.2, -0.15) is 0 Å². The van der Waals surface area contributed by atoms with Gasteiger partial charge in [0.15, 0.2) is 0 Å². The minimum atomic E-state index is -4.01. The van der Waals surface area contributed by atoms with E-state index in [0.717, 1.165) is 49.1 Å². The summed E-state index contributed by atoms with van der Waals surface area (Å²) in [5.41, 5.74) is 1.67. The largest absolute Gasteiger partial charge is 0.478 e. The molecule has 5 nitrogen and oxygen atoms in total. The predicted octanol–water partition coefficient (Wildman–Crippen LogP) is 3.76.